The number of para-hydroxylation sites is 1. The quantitative estimate of drug-likeness (QED) is 0.496. The number of anilines is 1. The maximum atomic E-state index is 12.6. The summed E-state index contributed by atoms with van der Waals surface area (Å²) in [7, 11) is 0. The van der Waals surface area contributed by atoms with E-state index >= 15 is 0 Å². The fourth-order valence-corrected chi connectivity index (χ4v) is 4.76. The predicted molar refractivity (Wildman–Crippen MR) is 112 cm³/mol. The first-order valence-electron chi connectivity index (χ1n) is 8.45. The van der Waals surface area contributed by atoms with Crippen molar-refractivity contribution in [1.82, 2.24) is 14.8 Å². The number of thiophene rings is 1. The molecule has 0 aliphatic heterocycles. The van der Waals surface area contributed by atoms with E-state index in [-0.39, 0.29) is 11.2 Å². The standard InChI is InChI=1S/C18H16Cl2N4OS2/c1-10(17(25)21-15-12(19)4-2-5-13(15)20)27-18-23-22-16(14-6-3-9-26-14)24(18)11-7-8-11/h2-6,9-11H,7-8H2,1H3,(H,21,25)/t10-/m1/s1. The summed E-state index contributed by atoms with van der Waals surface area (Å²) in [5.41, 5.74) is 0.432. The van der Waals surface area contributed by atoms with E-state index in [4.69, 9.17) is 23.2 Å². The van der Waals surface area contributed by atoms with Crippen LogP contribution in [0.4, 0.5) is 5.69 Å². The van der Waals surface area contributed by atoms with Crippen LogP contribution in [0.2, 0.25) is 10.0 Å². The molecule has 1 aliphatic rings. The van der Waals surface area contributed by atoms with Crippen LogP contribution in [-0.2, 0) is 4.79 Å². The number of rotatable bonds is 6. The lowest BCUT2D eigenvalue weighted by Crippen LogP contribution is -2.23. The van der Waals surface area contributed by atoms with Gasteiger partial charge in [0.15, 0.2) is 11.0 Å². The lowest BCUT2D eigenvalue weighted by molar-refractivity contribution is -0.115. The van der Waals surface area contributed by atoms with Gasteiger partial charge >= 0.3 is 0 Å². The van der Waals surface area contributed by atoms with Crippen molar-refractivity contribution in [2.24, 2.45) is 0 Å². The second kappa shape index (κ2) is 7.83. The molecule has 0 unspecified atom stereocenters. The Morgan fingerprint density at radius 2 is 2.00 bits per heavy atom. The summed E-state index contributed by atoms with van der Waals surface area (Å²) >= 11 is 15.3. The smallest absolute Gasteiger partial charge is 0.237 e. The third kappa shape index (κ3) is 4.01. The number of carbonyl (C=O) groups excluding carboxylic acids is 1. The maximum absolute atomic E-state index is 12.6. The number of thioether (sulfide) groups is 1. The minimum absolute atomic E-state index is 0.182. The van der Waals surface area contributed by atoms with Gasteiger partial charge in [0.25, 0.3) is 0 Å². The zero-order valence-corrected chi connectivity index (χ0v) is 17.5. The van der Waals surface area contributed by atoms with Gasteiger partial charge in [-0.1, -0.05) is 47.1 Å². The first-order chi connectivity index (χ1) is 13.0. The van der Waals surface area contributed by atoms with Gasteiger partial charge < -0.3 is 5.32 Å². The van der Waals surface area contributed by atoms with Gasteiger partial charge in [0.1, 0.15) is 0 Å². The lowest BCUT2D eigenvalue weighted by Gasteiger charge is -2.14. The highest BCUT2D eigenvalue weighted by Crippen LogP contribution is 2.42. The molecule has 0 saturated heterocycles. The van der Waals surface area contributed by atoms with Gasteiger partial charge in [-0.15, -0.1) is 21.5 Å². The summed E-state index contributed by atoms with van der Waals surface area (Å²) in [6.07, 6.45) is 2.22. The normalized spacial score (nSPS) is 14.9. The van der Waals surface area contributed by atoms with Gasteiger partial charge in [-0.25, -0.2) is 0 Å². The second-order valence-corrected chi connectivity index (χ2v) is 9.30. The monoisotopic (exact) mass is 438 g/mol. The van der Waals surface area contributed by atoms with Crippen LogP contribution in [0.1, 0.15) is 25.8 Å². The van der Waals surface area contributed by atoms with Gasteiger partial charge in [0.05, 0.1) is 25.9 Å². The van der Waals surface area contributed by atoms with E-state index in [1.807, 2.05) is 24.4 Å². The molecule has 27 heavy (non-hydrogen) atoms. The average Bonchev–Trinajstić information content (AvgIpc) is 3.17. The zero-order chi connectivity index (χ0) is 19.0. The van der Waals surface area contributed by atoms with E-state index in [9.17, 15) is 4.79 Å². The third-order valence-corrected chi connectivity index (χ3v) is 6.73. The van der Waals surface area contributed by atoms with Crippen LogP contribution in [-0.4, -0.2) is 25.9 Å². The van der Waals surface area contributed by atoms with Crippen LogP contribution in [0.15, 0.2) is 40.9 Å². The van der Waals surface area contributed by atoms with E-state index in [1.54, 1.807) is 29.5 Å². The van der Waals surface area contributed by atoms with Crippen molar-refractivity contribution in [3.05, 3.63) is 45.8 Å². The molecular weight excluding hydrogens is 423 g/mol. The number of halogens is 2. The highest BCUT2D eigenvalue weighted by Gasteiger charge is 2.32. The number of nitrogens with one attached hydrogen (secondary N) is 1. The van der Waals surface area contributed by atoms with Crippen LogP contribution in [0, 0.1) is 0 Å². The van der Waals surface area contributed by atoms with Crippen LogP contribution >= 0.6 is 46.3 Å². The maximum Gasteiger partial charge on any atom is 0.237 e. The zero-order valence-electron chi connectivity index (χ0n) is 14.4. The van der Waals surface area contributed by atoms with Crippen molar-refractivity contribution < 1.29 is 4.79 Å². The highest BCUT2D eigenvalue weighted by atomic mass is 35.5. The molecule has 140 valence electrons. The minimum Gasteiger partial charge on any atom is -0.323 e. The second-order valence-electron chi connectivity index (χ2n) is 6.23. The number of carbonyl (C=O) groups is 1. The molecule has 1 aromatic carbocycles. The Kier molecular flexibility index (Phi) is 5.45. The molecule has 3 aromatic rings. The van der Waals surface area contributed by atoms with E-state index in [1.165, 1.54) is 11.8 Å². The summed E-state index contributed by atoms with van der Waals surface area (Å²) in [6.45, 7) is 1.83. The molecule has 2 heterocycles. The van der Waals surface area contributed by atoms with Crippen molar-refractivity contribution in [1.29, 1.82) is 0 Å². The molecule has 0 radical (unpaired) electrons. The number of nitrogens with zero attached hydrogens (tertiary/aromatic N) is 3. The van der Waals surface area contributed by atoms with Gasteiger partial charge in [-0.2, -0.15) is 0 Å². The van der Waals surface area contributed by atoms with Crippen molar-refractivity contribution in [2.45, 2.75) is 36.2 Å². The Labute approximate surface area is 175 Å². The molecule has 1 aliphatic carbocycles. The predicted octanol–water partition coefficient (Wildman–Crippen LogP) is 5.77. The largest absolute Gasteiger partial charge is 0.323 e. The fourth-order valence-electron chi connectivity index (χ4n) is 2.65. The van der Waals surface area contributed by atoms with E-state index in [0.29, 0.717) is 21.8 Å². The molecule has 1 atom stereocenters. The molecule has 1 fully saturated rings. The first-order valence-corrected chi connectivity index (χ1v) is 11.0. The minimum atomic E-state index is -0.379. The van der Waals surface area contributed by atoms with Gasteiger partial charge in [-0.3, -0.25) is 9.36 Å². The van der Waals surface area contributed by atoms with Crippen molar-refractivity contribution in [2.75, 3.05) is 5.32 Å². The molecule has 9 heteroatoms. The molecule has 0 spiro atoms. The lowest BCUT2D eigenvalue weighted by atomic mass is 10.3. The molecule has 4 rings (SSSR count). The summed E-state index contributed by atoms with van der Waals surface area (Å²) in [5.74, 6) is 0.690. The Balaban J connectivity index is 1.53. The van der Waals surface area contributed by atoms with Crippen LogP contribution in [0.5, 0.6) is 0 Å². The summed E-state index contributed by atoms with van der Waals surface area (Å²) in [5, 5.41) is 14.8. The Morgan fingerprint density at radius 1 is 1.26 bits per heavy atom. The van der Waals surface area contributed by atoms with Gasteiger partial charge in [-0.05, 0) is 43.3 Å². The van der Waals surface area contributed by atoms with Crippen molar-refractivity contribution in [3.63, 3.8) is 0 Å². The fraction of sp³-hybridized carbons (Fsp3) is 0.278. The third-order valence-electron chi connectivity index (χ3n) is 4.18. The van der Waals surface area contributed by atoms with Crippen LogP contribution < -0.4 is 5.32 Å². The van der Waals surface area contributed by atoms with Gasteiger partial charge in [0, 0.05) is 6.04 Å². The van der Waals surface area contributed by atoms with Crippen LogP contribution in [0.3, 0.4) is 0 Å². The van der Waals surface area contributed by atoms with E-state index in [0.717, 1.165) is 28.7 Å². The topological polar surface area (TPSA) is 59.8 Å². The molecule has 1 amide bonds. The molecule has 0 bridgehead atoms. The summed E-state index contributed by atoms with van der Waals surface area (Å²) in [4.78, 5) is 13.7. The molecule has 1 saturated carbocycles. The first kappa shape index (κ1) is 18.8. The number of aromatic nitrogens is 3. The number of hydrogen-bond donors (Lipinski definition) is 1. The van der Waals surface area contributed by atoms with Crippen LogP contribution in [0.25, 0.3) is 10.7 Å². The Bertz CT molecular complexity index is 950. The SMILES string of the molecule is C[C@@H](Sc1nnc(-c2cccs2)n1C1CC1)C(=O)Nc1c(Cl)cccc1Cl. The molecule has 1 N–H and O–H groups in total. The summed E-state index contributed by atoms with van der Waals surface area (Å²) in [6, 6.07) is 9.57. The molecule has 5 nitrogen and oxygen atoms in total. The van der Waals surface area contributed by atoms with E-state index in [2.05, 4.69) is 20.1 Å². The Hall–Kier alpha value is -1.54. The number of benzene rings is 1. The van der Waals surface area contributed by atoms with Crippen molar-refractivity contribution >= 4 is 57.9 Å². The number of hydrogen-bond acceptors (Lipinski definition) is 5. The molecule has 2 aromatic heterocycles. The average molecular weight is 439 g/mol. The Morgan fingerprint density at radius 3 is 2.63 bits per heavy atom. The number of amides is 1. The van der Waals surface area contributed by atoms with Crippen molar-refractivity contribution in [3.8, 4) is 10.7 Å². The summed E-state index contributed by atoms with van der Waals surface area (Å²) < 4.78 is 2.16. The highest BCUT2D eigenvalue weighted by molar-refractivity contribution is 8.00. The van der Waals surface area contributed by atoms with Gasteiger partial charge in [0.2, 0.25) is 5.91 Å². The van der Waals surface area contributed by atoms with E-state index < -0.39 is 0 Å². The molecular formula is C18H16Cl2N4OS2.